The summed E-state index contributed by atoms with van der Waals surface area (Å²) in [6.07, 6.45) is 0.817. The first-order valence-corrected chi connectivity index (χ1v) is 5.45. The Labute approximate surface area is 99.2 Å². The summed E-state index contributed by atoms with van der Waals surface area (Å²) < 4.78 is 4.85. The average molecular weight is 234 g/mol. The van der Waals surface area contributed by atoms with E-state index in [1.807, 2.05) is 13.0 Å². The molecule has 2 N–H and O–H groups in total. The third-order valence-corrected chi connectivity index (χ3v) is 2.72. The number of hydrogen-bond acceptors (Lipinski definition) is 4. The molecule has 1 heterocycles. The van der Waals surface area contributed by atoms with E-state index >= 15 is 0 Å². The van der Waals surface area contributed by atoms with Crippen LogP contribution in [-0.4, -0.2) is 25.0 Å². The zero-order valence-corrected chi connectivity index (χ0v) is 9.60. The fraction of sp³-hybridized carbons (Fsp3) is 0.333. The van der Waals surface area contributed by atoms with Gasteiger partial charge in [0.1, 0.15) is 13.2 Å². The molecule has 5 heteroatoms. The van der Waals surface area contributed by atoms with E-state index < -0.39 is 0 Å². The van der Waals surface area contributed by atoms with E-state index in [-0.39, 0.29) is 25.0 Å². The van der Waals surface area contributed by atoms with Gasteiger partial charge in [0.05, 0.1) is 5.69 Å². The molecule has 1 aromatic rings. The van der Waals surface area contributed by atoms with E-state index in [4.69, 9.17) is 10.5 Å². The second-order valence-electron chi connectivity index (χ2n) is 3.85. The van der Waals surface area contributed by atoms with Gasteiger partial charge in [-0.1, -0.05) is 13.0 Å². The molecule has 0 radical (unpaired) electrons. The van der Waals surface area contributed by atoms with Gasteiger partial charge in [-0.05, 0) is 24.1 Å². The lowest BCUT2D eigenvalue weighted by atomic mass is 10.1. The van der Waals surface area contributed by atoms with Crippen LogP contribution in [0.3, 0.4) is 0 Å². The van der Waals surface area contributed by atoms with Gasteiger partial charge < -0.3 is 10.5 Å². The summed E-state index contributed by atoms with van der Waals surface area (Å²) in [7, 11) is 0. The minimum absolute atomic E-state index is 0.0683. The summed E-state index contributed by atoms with van der Waals surface area (Å²) in [5, 5.41) is 0. The fourth-order valence-corrected chi connectivity index (χ4v) is 1.83. The van der Waals surface area contributed by atoms with Crippen molar-refractivity contribution in [3.05, 3.63) is 23.8 Å². The number of ether oxygens (including phenoxy) is 1. The van der Waals surface area contributed by atoms with Crippen molar-refractivity contribution in [2.45, 2.75) is 13.3 Å². The largest absolute Gasteiger partial charge is 0.398 e. The molecule has 0 spiro atoms. The maximum Gasteiger partial charge on any atom is 0.259 e. The lowest BCUT2D eigenvalue weighted by molar-refractivity contribution is -0.138. The maximum atomic E-state index is 11.6. The number of nitrogens with zero attached hydrogens (tertiary/aromatic N) is 1. The Morgan fingerprint density at radius 3 is 2.47 bits per heavy atom. The van der Waals surface area contributed by atoms with Crippen LogP contribution in [-0.2, 0) is 20.7 Å². The number of amides is 2. The van der Waals surface area contributed by atoms with Gasteiger partial charge in [0, 0.05) is 5.69 Å². The van der Waals surface area contributed by atoms with E-state index in [1.54, 1.807) is 12.1 Å². The van der Waals surface area contributed by atoms with Crippen LogP contribution in [0, 0.1) is 0 Å². The highest BCUT2D eigenvalue weighted by Crippen LogP contribution is 2.23. The molecule has 5 nitrogen and oxygen atoms in total. The Hall–Kier alpha value is -1.88. The highest BCUT2D eigenvalue weighted by atomic mass is 16.5. The molecule has 1 saturated heterocycles. The SMILES string of the molecule is CCc1ccc(N2C(=O)COCC2=O)cc1N. The molecule has 0 aromatic heterocycles. The first kappa shape index (κ1) is 11.6. The van der Waals surface area contributed by atoms with Crippen LogP contribution in [0.2, 0.25) is 0 Å². The smallest absolute Gasteiger partial charge is 0.259 e. The highest BCUT2D eigenvalue weighted by Gasteiger charge is 2.28. The van der Waals surface area contributed by atoms with E-state index in [0.717, 1.165) is 16.9 Å². The molecule has 2 amide bonds. The summed E-state index contributed by atoms with van der Waals surface area (Å²) in [6.45, 7) is 1.86. The zero-order valence-electron chi connectivity index (χ0n) is 9.60. The molecule has 1 aliphatic rings. The van der Waals surface area contributed by atoms with Crippen molar-refractivity contribution in [3.63, 3.8) is 0 Å². The summed E-state index contributed by atoms with van der Waals surface area (Å²) in [6, 6.07) is 5.22. The number of rotatable bonds is 2. The van der Waals surface area contributed by atoms with Crippen molar-refractivity contribution in [1.82, 2.24) is 0 Å². The number of benzene rings is 1. The number of aryl methyl sites for hydroxylation is 1. The predicted octanol–water partition coefficient (Wildman–Crippen LogP) is 0.721. The lowest BCUT2D eigenvalue weighted by Gasteiger charge is -2.25. The van der Waals surface area contributed by atoms with Gasteiger partial charge in [-0.25, -0.2) is 4.90 Å². The Bertz CT molecular complexity index is 455. The van der Waals surface area contributed by atoms with Gasteiger partial charge in [0.2, 0.25) is 0 Å². The van der Waals surface area contributed by atoms with Gasteiger partial charge in [0.25, 0.3) is 11.8 Å². The predicted molar refractivity (Wildman–Crippen MR) is 63.5 cm³/mol. The Kier molecular flexibility index (Phi) is 3.10. The monoisotopic (exact) mass is 234 g/mol. The summed E-state index contributed by atoms with van der Waals surface area (Å²) in [5.74, 6) is -0.713. The van der Waals surface area contributed by atoms with E-state index in [1.165, 1.54) is 0 Å². The third-order valence-electron chi connectivity index (χ3n) is 2.72. The summed E-state index contributed by atoms with van der Waals surface area (Å²) in [4.78, 5) is 24.3. The van der Waals surface area contributed by atoms with Crippen LogP contribution >= 0.6 is 0 Å². The van der Waals surface area contributed by atoms with E-state index in [9.17, 15) is 9.59 Å². The number of nitrogens with two attached hydrogens (primary N) is 1. The molecule has 2 rings (SSSR count). The van der Waals surface area contributed by atoms with Crippen molar-refractivity contribution < 1.29 is 14.3 Å². The number of carbonyl (C=O) groups is 2. The fourth-order valence-electron chi connectivity index (χ4n) is 1.83. The number of imide groups is 1. The van der Waals surface area contributed by atoms with Crippen molar-refractivity contribution in [2.75, 3.05) is 23.8 Å². The second-order valence-corrected chi connectivity index (χ2v) is 3.85. The average Bonchev–Trinajstić information content (AvgIpc) is 2.29. The van der Waals surface area contributed by atoms with E-state index in [2.05, 4.69) is 0 Å². The third kappa shape index (κ3) is 2.14. The molecule has 1 fully saturated rings. The Morgan fingerprint density at radius 2 is 1.94 bits per heavy atom. The van der Waals surface area contributed by atoms with Crippen LogP contribution in [0.5, 0.6) is 0 Å². The van der Waals surface area contributed by atoms with Crippen LogP contribution in [0.15, 0.2) is 18.2 Å². The molecule has 0 saturated carbocycles. The molecular formula is C12H14N2O3. The van der Waals surface area contributed by atoms with Gasteiger partial charge in [-0.3, -0.25) is 9.59 Å². The van der Waals surface area contributed by atoms with Crippen LogP contribution < -0.4 is 10.6 Å². The summed E-state index contributed by atoms with van der Waals surface area (Å²) >= 11 is 0. The van der Waals surface area contributed by atoms with Gasteiger partial charge in [-0.2, -0.15) is 0 Å². The molecule has 1 aliphatic heterocycles. The molecule has 17 heavy (non-hydrogen) atoms. The van der Waals surface area contributed by atoms with Crippen molar-refractivity contribution in [3.8, 4) is 0 Å². The number of morpholine rings is 1. The van der Waals surface area contributed by atoms with Crippen molar-refractivity contribution in [1.29, 1.82) is 0 Å². The standard InChI is InChI=1S/C12H14N2O3/c1-2-8-3-4-9(5-10(8)13)14-11(15)6-17-7-12(14)16/h3-5H,2,6-7,13H2,1H3. The van der Waals surface area contributed by atoms with Crippen molar-refractivity contribution in [2.24, 2.45) is 0 Å². The quantitative estimate of drug-likeness (QED) is 0.604. The van der Waals surface area contributed by atoms with Crippen LogP contribution in [0.1, 0.15) is 12.5 Å². The Morgan fingerprint density at radius 1 is 1.29 bits per heavy atom. The van der Waals surface area contributed by atoms with Crippen molar-refractivity contribution >= 4 is 23.2 Å². The van der Waals surface area contributed by atoms with Crippen LogP contribution in [0.25, 0.3) is 0 Å². The molecule has 0 aliphatic carbocycles. The molecule has 1 aromatic carbocycles. The number of nitrogen functional groups attached to an aromatic ring is 1. The number of hydrogen-bond donors (Lipinski definition) is 1. The molecule has 0 unspecified atom stereocenters. The minimum atomic E-state index is -0.357. The molecular weight excluding hydrogens is 220 g/mol. The lowest BCUT2D eigenvalue weighted by Crippen LogP contribution is -2.46. The normalized spacial score (nSPS) is 16.4. The topological polar surface area (TPSA) is 72.6 Å². The zero-order chi connectivity index (χ0) is 12.4. The van der Waals surface area contributed by atoms with E-state index in [0.29, 0.717) is 11.4 Å². The number of carbonyl (C=O) groups excluding carboxylic acids is 2. The number of anilines is 2. The van der Waals surface area contributed by atoms with Gasteiger partial charge in [-0.15, -0.1) is 0 Å². The first-order chi connectivity index (χ1) is 8.13. The van der Waals surface area contributed by atoms with Crippen LogP contribution in [0.4, 0.5) is 11.4 Å². The molecule has 0 bridgehead atoms. The van der Waals surface area contributed by atoms with Gasteiger partial charge >= 0.3 is 0 Å². The second kappa shape index (κ2) is 4.55. The molecule has 90 valence electrons. The first-order valence-electron chi connectivity index (χ1n) is 5.45. The maximum absolute atomic E-state index is 11.6. The highest BCUT2D eigenvalue weighted by molar-refractivity contribution is 6.17. The Balaban J connectivity index is 2.35. The minimum Gasteiger partial charge on any atom is -0.398 e. The summed E-state index contributed by atoms with van der Waals surface area (Å²) in [5.41, 5.74) is 7.96. The van der Waals surface area contributed by atoms with Gasteiger partial charge in [0.15, 0.2) is 0 Å². The molecule has 0 atom stereocenters.